The summed E-state index contributed by atoms with van der Waals surface area (Å²) in [6.07, 6.45) is 3.33. The molecule has 170 valence electrons. The second-order valence-corrected chi connectivity index (χ2v) is 8.78. The van der Waals surface area contributed by atoms with Gasteiger partial charge < -0.3 is 5.32 Å². The van der Waals surface area contributed by atoms with Crippen LogP contribution >= 0.6 is 0 Å². The summed E-state index contributed by atoms with van der Waals surface area (Å²) in [5.41, 5.74) is 2.42. The Morgan fingerprint density at radius 2 is 1.73 bits per heavy atom. The number of hydrogen-bond donors (Lipinski definition) is 1. The lowest BCUT2D eigenvalue weighted by Gasteiger charge is -2.30. The van der Waals surface area contributed by atoms with Gasteiger partial charge in [-0.3, -0.25) is 14.2 Å². The molecule has 0 amide bonds. The van der Waals surface area contributed by atoms with Gasteiger partial charge in [-0.15, -0.1) is 5.10 Å². The van der Waals surface area contributed by atoms with Gasteiger partial charge in [-0.1, -0.05) is 12.1 Å². The monoisotopic (exact) mass is 445 g/mol. The zero-order valence-electron chi connectivity index (χ0n) is 19.0. The smallest absolute Gasteiger partial charge is 0.267 e. The first-order valence-electron chi connectivity index (χ1n) is 11.3. The van der Waals surface area contributed by atoms with Crippen molar-refractivity contribution in [1.29, 1.82) is 0 Å². The van der Waals surface area contributed by atoms with E-state index in [1.165, 1.54) is 0 Å². The quantitative estimate of drug-likeness (QED) is 0.519. The Morgan fingerprint density at radius 3 is 2.45 bits per heavy atom. The van der Waals surface area contributed by atoms with Gasteiger partial charge in [-0.2, -0.15) is 5.10 Å². The molecule has 5 rings (SSSR count). The minimum atomic E-state index is -0.102. The highest BCUT2D eigenvalue weighted by Gasteiger charge is 2.25. The van der Waals surface area contributed by atoms with E-state index >= 15 is 0 Å². The van der Waals surface area contributed by atoms with Crippen LogP contribution in [0.5, 0.6) is 0 Å². The minimum absolute atomic E-state index is 0.0286. The van der Waals surface area contributed by atoms with Crippen LogP contribution in [-0.2, 0) is 7.05 Å². The number of nitrogens with zero attached hydrogens (tertiary/aromatic N) is 6. The molecule has 1 aliphatic carbocycles. The van der Waals surface area contributed by atoms with Crippen molar-refractivity contribution in [3.8, 4) is 5.82 Å². The van der Waals surface area contributed by atoms with E-state index in [1.54, 1.807) is 39.2 Å². The highest BCUT2D eigenvalue weighted by molar-refractivity contribution is 5.78. The molecule has 0 atom stereocenters. The van der Waals surface area contributed by atoms with Gasteiger partial charge >= 0.3 is 0 Å². The second kappa shape index (κ2) is 8.31. The molecule has 0 saturated heterocycles. The van der Waals surface area contributed by atoms with Crippen LogP contribution < -0.4 is 16.4 Å². The molecule has 1 aromatic carbocycles. The number of benzene rings is 1. The van der Waals surface area contributed by atoms with Gasteiger partial charge in [0, 0.05) is 24.8 Å². The van der Waals surface area contributed by atoms with Gasteiger partial charge in [0.15, 0.2) is 5.82 Å². The third-order valence-corrected chi connectivity index (χ3v) is 6.40. The molecule has 0 radical (unpaired) electrons. The Morgan fingerprint density at radius 1 is 0.970 bits per heavy atom. The normalized spacial score (nSPS) is 18.5. The maximum absolute atomic E-state index is 12.7. The molecule has 0 spiro atoms. The molecule has 1 saturated carbocycles. The zero-order valence-corrected chi connectivity index (χ0v) is 19.0. The molecular formula is C24H27N7O2. The fraction of sp³-hybridized carbons (Fsp3) is 0.375. The first-order valence-corrected chi connectivity index (χ1v) is 11.3. The first kappa shape index (κ1) is 21.1. The molecule has 0 aliphatic heterocycles. The number of aryl methyl sites for hydroxylation is 2. The average molecular weight is 446 g/mol. The van der Waals surface area contributed by atoms with Crippen molar-refractivity contribution in [2.75, 3.05) is 5.32 Å². The van der Waals surface area contributed by atoms with Crippen LogP contribution in [0.3, 0.4) is 0 Å². The van der Waals surface area contributed by atoms with Crippen LogP contribution in [-0.4, -0.2) is 35.2 Å². The lowest BCUT2D eigenvalue weighted by molar-refractivity contribution is 0.302. The first-order chi connectivity index (χ1) is 15.9. The standard InChI is InChI=1S/C24H27N7O2/c1-15-14-16(2)30(27-15)21-12-13-22(32)31(28-21)18-10-8-17(9-11-18)25-24-26-20-7-5-4-6-19(20)23(33)29(24)3/h4-7,12-14,17-18H,8-11H2,1-3H3,(H,25,26). The van der Waals surface area contributed by atoms with Crippen LogP contribution in [0, 0.1) is 13.8 Å². The average Bonchev–Trinajstić information content (AvgIpc) is 3.16. The molecule has 9 nitrogen and oxygen atoms in total. The SMILES string of the molecule is Cc1cc(C)n(-c2ccc(=O)n(C3CCC(Nc4nc5ccccc5c(=O)n4C)CC3)n2)n1. The molecular weight excluding hydrogens is 418 g/mol. The van der Waals surface area contributed by atoms with E-state index in [0.717, 1.165) is 37.1 Å². The third-order valence-electron chi connectivity index (χ3n) is 6.40. The maximum Gasteiger partial charge on any atom is 0.267 e. The van der Waals surface area contributed by atoms with Crippen molar-refractivity contribution in [3.63, 3.8) is 0 Å². The van der Waals surface area contributed by atoms with Gasteiger partial charge in [0.2, 0.25) is 5.95 Å². The highest BCUT2D eigenvalue weighted by atomic mass is 16.1. The fourth-order valence-corrected chi connectivity index (χ4v) is 4.64. The van der Waals surface area contributed by atoms with Crippen LogP contribution in [0.25, 0.3) is 16.7 Å². The molecule has 1 aliphatic rings. The number of hydrogen-bond acceptors (Lipinski definition) is 6. The van der Waals surface area contributed by atoms with Crippen molar-refractivity contribution in [2.45, 2.75) is 51.6 Å². The summed E-state index contributed by atoms with van der Waals surface area (Å²) in [6.45, 7) is 3.91. The summed E-state index contributed by atoms with van der Waals surface area (Å²) in [5.74, 6) is 1.22. The van der Waals surface area contributed by atoms with Crippen molar-refractivity contribution in [3.05, 3.63) is 74.6 Å². The van der Waals surface area contributed by atoms with E-state index < -0.39 is 0 Å². The van der Waals surface area contributed by atoms with Gasteiger partial charge in [0.1, 0.15) is 0 Å². The minimum Gasteiger partial charge on any atom is -0.353 e. The van der Waals surface area contributed by atoms with Crippen LogP contribution in [0.4, 0.5) is 5.95 Å². The largest absolute Gasteiger partial charge is 0.353 e. The third kappa shape index (κ3) is 3.94. The Balaban J connectivity index is 1.33. The summed E-state index contributed by atoms with van der Waals surface area (Å²) in [5, 5.41) is 13.2. The summed E-state index contributed by atoms with van der Waals surface area (Å²) >= 11 is 0. The van der Waals surface area contributed by atoms with E-state index in [-0.39, 0.29) is 23.2 Å². The molecule has 4 aromatic rings. The Kier molecular flexibility index (Phi) is 5.32. The fourth-order valence-electron chi connectivity index (χ4n) is 4.64. The summed E-state index contributed by atoms with van der Waals surface area (Å²) < 4.78 is 4.94. The topological polar surface area (TPSA) is 99.6 Å². The Hall–Kier alpha value is -3.75. The highest BCUT2D eigenvalue weighted by Crippen LogP contribution is 2.29. The second-order valence-electron chi connectivity index (χ2n) is 8.78. The van der Waals surface area contributed by atoms with E-state index in [0.29, 0.717) is 22.7 Å². The predicted molar refractivity (Wildman–Crippen MR) is 127 cm³/mol. The number of rotatable bonds is 4. The van der Waals surface area contributed by atoms with Gasteiger partial charge in [0.05, 0.1) is 22.6 Å². The van der Waals surface area contributed by atoms with Crippen molar-refractivity contribution in [1.82, 2.24) is 29.1 Å². The van der Waals surface area contributed by atoms with E-state index in [4.69, 9.17) is 0 Å². The molecule has 3 aromatic heterocycles. The lowest BCUT2D eigenvalue weighted by atomic mass is 9.91. The van der Waals surface area contributed by atoms with Crippen molar-refractivity contribution in [2.24, 2.45) is 7.05 Å². The van der Waals surface area contributed by atoms with Gasteiger partial charge in [0.25, 0.3) is 11.1 Å². The molecule has 0 bridgehead atoms. The summed E-state index contributed by atoms with van der Waals surface area (Å²) in [4.78, 5) is 29.9. The van der Waals surface area contributed by atoms with Gasteiger partial charge in [-0.05, 0) is 63.8 Å². The number of aromatic nitrogens is 6. The Bertz CT molecular complexity index is 1440. The molecule has 9 heteroatoms. The molecule has 1 N–H and O–H groups in total. The molecule has 0 unspecified atom stereocenters. The predicted octanol–water partition coefficient (Wildman–Crippen LogP) is 2.89. The number of nitrogens with one attached hydrogen (secondary N) is 1. The van der Waals surface area contributed by atoms with E-state index in [2.05, 4.69) is 20.5 Å². The number of para-hydroxylation sites is 1. The van der Waals surface area contributed by atoms with E-state index in [9.17, 15) is 9.59 Å². The Labute approximate surface area is 190 Å². The lowest BCUT2D eigenvalue weighted by Crippen LogP contribution is -2.35. The van der Waals surface area contributed by atoms with Crippen LogP contribution in [0.15, 0.2) is 52.1 Å². The molecule has 33 heavy (non-hydrogen) atoms. The maximum atomic E-state index is 12.7. The number of anilines is 1. The van der Waals surface area contributed by atoms with Crippen molar-refractivity contribution >= 4 is 16.9 Å². The molecule has 1 fully saturated rings. The van der Waals surface area contributed by atoms with Crippen LogP contribution in [0.1, 0.15) is 43.1 Å². The zero-order chi connectivity index (χ0) is 23.1. The van der Waals surface area contributed by atoms with E-state index in [1.807, 2.05) is 38.1 Å². The van der Waals surface area contributed by atoms with Crippen LogP contribution in [0.2, 0.25) is 0 Å². The summed E-state index contributed by atoms with van der Waals surface area (Å²) in [7, 11) is 1.74. The van der Waals surface area contributed by atoms with Gasteiger partial charge in [-0.25, -0.2) is 14.3 Å². The molecule has 3 heterocycles. The number of fused-ring (bicyclic) bond motifs is 1. The van der Waals surface area contributed by atoms with Crippen molar-refractivity contribution < 1.29 is 0 Å². The summed E-state index contributed by atoms with van der Waals surface area (Å²) in [6, 6.07) is 12.9.